The first-order chi connectivity index (χ1) is 8.02. The predicted molar refractivity (Wildman–Crippen MR) is 67.3 cm³/mol. The van der Waals surface area contributed by atoms with Crippen LogP contribution in [0.15, 0.2) is 24.3 Å². The first-order valence-corrected chi connectivity index (χ1v) is 5.78. The van der Waals surface area contributed by atoms with E-state index in [0.717, 1.165) is 11.1 Å². The molecule has 0 aromatic heterocycles. The largest absolute Gasteiger partial charge is 0.353 e. The first kappa shape index (κ1) is 13.2. The van der Waals surface area contributed by atoms with Gasteiger partial charge in [0, 0.05) is 6.04 Å². The van der Waals surface area contributed by atoms with E-state index in [2.05, 4.69) is 11.4 Å². The minimum absolute atomic E-state index is 0.0656. The Kier molecular flexibility index (Phi) is 4.71. The summed E-state index contributed by atoms with van der Waals surface area (Å²) in [6, 6.07) is 10.0. The molecule has 1 atom stereocenters. The van der Waals surface area contributed by atoms with Gasteiger partial charge in [-0.25, -0.2) is 0 Å². The number of aryl methyl sites for hydroxylation is 1. The van der Waals surface area contributed by atoms with Crippen molar-refractivity contribution in [2.45, 2.75) is 33.2 Å². The van der Waals surface area contributed by atoms with Crippen molar-refractivity contribution in [2.24, 2.45) is 5.92 Å². The summed E-state index contributed by atoms with van der Waals surface area (Å²) in [6.07, 6.45) is 0.469. The van der Waals surface area contributed by atoms with Crippen LogP contribution in [0.25, 0.3) is 0 Å². The number of amides is 1. The van der Waals surface area contributed by atoms with Crippen molar-refractivity contribution in [1.82, 2.24) is 5.32 Å². The topological polar surface area (TPSA) is 52.9 Å². The number of nitriles is 1. The van der Waals surface area contributed by atoms with Crippen LogP contribution < -0.4 is 5.32 Å². The molecule has 0 saturated heterocycles. The van der Waals surface area contributed by atoms with Crippen LogP contribution in [-0.2, 0) is 11.2 Å². The molecular weight excluding hydrogens is 212 g/mol. The zero-order chi connectivity index (χ0) is 12.8. The van der Waals surface area contributed by atoms with Crippen molar-refractivity contribution in [3.05, 3.63) is 35.4 Å². The molecule has 0 saturated carbocycles. The van der Waals surface area contributed by atoms with Crippen molar-refractivity contribution in [1.29, 1.82) is 5.26 Å². The average molecular weight is 230 g/mol. The Labute approximate surface area is 102 Å². The van der Waals surface area contributed by atoms with Gasteiger partial charge in [0.2, 0.25) is 5.91 Å². The van der Waals surface area contributed by atoms with Gasteiger partial charge in [0.25, 0.3) is 0 Å². The SMILES string of the molecule is Cc1cccc(CC(C#N)C(=O)NC(C)C)c1. The maximum atomic E-state index is 11.7. The number of benzene rings is 1. The van der Waals surface area contributed by atoms with E-state index in [1.807, 2.05) is 45.0 Å². The molecule has 0 fully saturated rings. The predicted octanol–water partition coefficient (Wildman–Crippen LogP) is 2.20. The minimum atomic E-state index is -0.612. The molecule has 1 N–H and O–H groups in total. The summed E-state index contributed by atoms with van der Waals surface area (Å²) in [5.41, 5.74) is 2.17. The lowest BCUT2D eigenvalue weighted by molar-refractivity contribution is -0.123. The summed E-state index contributed by atoms with van der Waals surface area (Å²) in [5, 5.41) is 11.8. The number of nitrogens with one attached hydrogen (secondary N) is 1. The number of nitrogens with zero attached hydrogens (tertiary/aromatic N) is 1. The molecule has 0 radical (unpaired) electrons. The highest BCUT2D eigenvalue weighted by molar-refractivity contribution is 5.81. The number of carbonyl (C=O) groups is 1. The van der Waals surface area contributed by atoms with Gasteiger partial charge in [-0.3, -0.25) is 4.79 Å². The zero-order valence-electron chi connectivity index (χ0n) is 10.5. The van der Waals surface area contributed by atoms with Gasteiger partial charge in [0.1, 0.15) is 5.92 Å². The Bertz CT molecular complexity index is 432. The molecule has 0 spiro atoms. The fourth-order valence-corrected chi connectivity index (χ4v) is 1.66. The fourth-order valence-electron chi connectivity index (χ4n) is 1.66. The van der Waals surface area contributed by atoms with Crippen LogP contribution in [0.3, 0.4) is 0 Å². The van der Waals surface area contributed by atoms with E-state index in [4.69, 9.17) is 5.26 Å². The van der Waals surface area contributed by atoms with Gasteiger partial charge >= 0.3 is 0 Å². The molecule has 1 amide bonds. The number of hydrogen-bond donors (Lipinski definition) is 1. The van der Waals surface area contributed by atoms with E-state index in [1.54, 1.807) is 0 Å². The van der Waals surface area contributed by atoms with E-state index in [1.165, 1.54) is 0 Å². The van der Waals surface area contributed by atoms with Crippen molar-refractivity contribution in [3.8, 4) is 6.07 Å². The van der Waals surface area contributed by atoms with Crippen LogP contribution in [0.5, 0.6) is 0 Å². The summed E-state index contributed by atoms with van der Waals surface area (Å²) >= 11 is 0. The Morgan fingerprint density at radius 3 is 2.71 bits per heavy atom. The average Bonchev–Trinajstić information content (AvgIpc) is 2.24. The van der Waals surface area contributed by atoms with Crippen LogP contribution in [0.1, 0.15) is 25.0 Å². The summed E-state index contributed by atoms with van der Waals surface area (Å²) < 4.78 is 0. The normalized spacial score (nSPS) is 11.9. The fraction of sp³-hybridized carbons (Fsp3) is 0.429. The lowest BCUT2D eigenvalue weighted by atomic mass is 9.98. The molecule has 1 unspecified atom stereocenters. The summed E-state index contributed by atoms with van der Waals surface area (Å²) in [4.78, 5) is 11.7. The molecule has 1 aromatic rings. The van der Waals surface area contributed by atoms with E-state index < -0.39 is 5.92 Å². The summed E-state index contributed by atoms with van der Waals surface area (Å²) in [7, 11) is 0. The Morgan fingerprint density at radius 1 is 1.47 bits per heavy atom. The van der Waals surface area contributed by atoms with Gasteiger partial charge in [0.05, 0.1) is 6.07 Å². The van der Waals surface area contributed by atoms with Crippen molar-refractivity contribution >= 4 is 5.91 Å². The molecule has 1 rings (SSSR count). The highest BCUT2D eigenvalue weighted by atomic mass is 16.1. The minimum Gasteiger partial charge on any atom is -0.353 e. The van der Waals surface area contributed by atoms with Crippen LogP contribution in [0.2, 0.25) is 0 Å². The van der Waals surface area contributed by atoms with Gasteiger partial charge in [-0.1, -0.05) is 29.8 Å². The van der Waals surface area contributed by atoms with Gasteiger partial charge < -0.3 is 5.32 Å². The lowest BCUT2D eigenvalue weighted by Gasteiger charge is -2.12. The zero-order valence-corrected chi connectivity index (χ0v) is 10.5. The van der Waals surface area contributed by atoms with Crippen LogP contribution >= 0.6 is 0 Å². The standard InChI is InChI=1S/C14H18N2O/c1-10(2)16-14(17)13(9-15)8-12-6-4-5-11(3)7-12/h4-7,10,13H,8H2,1-3H3,(H,16,17). The van der Waals surface area contributed by atoms with Crippen molar-refractivity contribution in [2.75, 3.05) is 0 Å². The van der Waals surface area contributed by atoms with Crippen LogP contribution in [0, 0.1) is 24.2 Å². The smallest absolute Gasteiger partial charge is 0.237 e. The quantitative estimate of drug-likeness (QED) is 0.862. The third kappa shape index (κ3) is 4.28. The third-order valence-corrected chi connectivity index (χ3v) is 2.43. The lowest BCUT2D eigenvalue weighted by Crippen LogP contribution is -2.35. The molecule has 90 valence electrons. The number of hydrogen-bond acceptors (Lipinski definition) is 2. The molecule has 0 aliphatic rings. The van der Waals surface area contributed by atoms with E-state index in [9.17, 15) is 4.79 Å². The highest BCUT2D eigenvalue weighted by Crippen LogP contribution is 2.10. The number of carbonyl (C=O) groups excluding carboxylic acids is 1. The Balaban J connectivity index is 2.71. The molecule has 1 aromatic carbocycles. The molecule has 0 aliphatic heterocycles. The third-order valence-electron chi connectivity index (χ3n) is 2.43. The maximum Gasteiger partial charge on any atom is 0.237 e. The molecular formula is C14H18N2O. The molecule has 3 heteroatoms. The highest BCUT2D eigenvalue weighted by Gasteiger charge is 2.18. The number of rotatable bonds is 4. The second kappa shape index (κ2) is 6.05. The van der Waals surface area contributed by atoms with Gasteiger partial charge in [-0.15, -0.1) is 0 Å². The maximum absolute atomic E-state index is 11.7. The molecule has 0 aliphatic carbocycles. The molecule has 0 heterocycles. The second-order valence-corrected chi connectivity index (χ2v) is 4.54. The van der Waals surface area contributed by atoms with Crippen LogP contribution in [0.4, 0.5) is 0 Å². The van der Waals surface area contributed by atoms with Crippen LogP contribution in [-0.4, -0.2) is 11.9 Å². The van der Waals surface area contributed by atoms with Gasteiger partial charge in [-0.2, -0.15) is 5.26 Å². The van der Waals surface area contributed by atoms with E-state index in [0.29, 0.717) is 6.42 Å². The van der Waals surface area contributed by atoms with Gasteiger partial charge in [-0.05, 0) is 32.8 Å². The Morgan fingerprint density at radius 2 is 2.18 bits per heavy atom. The summed E-state index contributed by atoms with van der Waals surface area (Å²) in [5.74, 6) is -0.803. The molecule has 17 heavy (non-hydrogen) atoms. The Hall–Kier alpha value is -1.82. The van der Waals surface area contributed by atoms with E-state index in [-0.39, 0.29) is 11.9 Å². The molecule has 0 bridgehead atoms. The van der Waals surface area contributed by atoms with E-state index >= 15 is 0 Å². The molecule has 3 nitrogen and oxygen atoms in total. The summed E-state index contributed by atoms with van der Waals surface area (Å²) in [6.45, 7) is 5.77. The second-order valence-electron chi connectivity index (χ2n) is 4.54. The first-order valence-electron chi connectivity index (χ1n) is 5.78. The van der Waals surface area contributed by atoms with Crippen molar-refractivity contribution in [3.63, 3.8) is 0 Å². The van der Waals surface area contributed by atoms with Gasteiger partial charge in [0.15, 0.2) is 0 Å². The monoisotopic (exact) mass is 230 g/mol. The van der Waals surface area contributed by atoms with Crippen molar-refractivity contribution < 1.29 is 4.79 Å².